The van der Waals surface area contributed by atoms with Crippen LogP contribution in [0.4, 0.5) is 0 Å². The van der Waals surface area contributed by atoms with Crippen LogP contribution in [0.1, 0.15) is 31.7 Å². The van der Waals surface area contributed by atoms with Crippen LogP contribution >= 0.6 is 0 Å². The third-order valence-electron chi connectivity index (χ3n) is 2.98. The Labute approximate surface area is 115 Å². The third-order valence-corrected chi connectivity index (χ3v) is 4.92. The Morgan fingerprint density at radius 2 is 1.89 bits per heavy atom. The summed E-state index contributed by atoms with van der Waals surface area (Å²) in [5.74, 6) is 0.0985. The van der Waals surface area contributed by atoms with Crippen molar-refractivity contribution in [2.45, 2.75) is 38.0 Å². The van der Waals surface area contributed by atoms with E-state index in [9.17, 15) is 13.5 Å². The van der Waals surface area contributed by atoms with Gasteiger partial charge in [-0.2, -0.15) is 0 Å². The molecule has 5 heteroatoms. The van der Waals surface area contributed by atoms with Crippen LogP contribution in [0.2, 0.25) is 0 Å². The summed E-state index contributed by atoms with van der Waals surface area (Å²) in [4.78, 5) is 0.237. The van der Waals surface area contributed by atoms with Crippen molar-refractivity contribution >= 4 is 9.84 Å². The highest BCUT2D eigenvalue weighted by atomic mass is 32.2. The third kappa shape index (κ3) is 5.20. The van der Waals surface area contributed by atoms with Gasteiger partial charge in [-0.3, -0.25) is 0 Å². The predicted octanol–water partition coefficient (Wildman–Crippen LogP) is 2.25. The highest BCUT2D eigenvalue weighted by molar-refractivity contribution is 7.91. The van der Waals surface area contributed by atoms with E-state index in [0.717, 1.165) is 19.4 Å². The fourth-order valence-electron chi connectivity index (χ4n) is 1.85. The zero-order valence-corrected chi connectivity index (χ0v) is 12.5. The first-order valence-electron chi connectivity index (χ1n) is 6.70. The van der Waals surface area contributed by atoms with Gasteiger partial charge in [-0.1, -0.05) is 19.4 Å². The second-order valence-electron chi connectivity index (χ2n) is 4.73. The molecule has 0 unspecified atom stereocenters. The van der Waals surface area contributed by atoms with Gasteiger partial charge in [-0.15, -0.1) is 0 Å². The summed E-state index contributed by atoms with van der Waals surface area (Å²) in [6, 6.07) is 4.46. The standard InChI is InChI=1S/C14H23NO3S/c1-3-4-8-15-9-5-10-19(17,18)14-11-13(16)7-6-12(14)2/h6-7,11,15-16H,3-5,8-10H2,1-2H3. The van der Waals surface area contributed by atoms with Gasteiger partial charge in [-0.05, 0) is 50.6 Å². The summed E-state index contributed by atoms with van der Waals surface area (Å²) >= 11 is 0. The Kier molecular flexibility index (Phi) is 6.31. The molecule has 0 aliphatic rings. The lowest BCUT2D eigenvalue weighted by atomic mass is 10.2. The lowest BCUT2D eigenvalue weighted by Crippen LogP contribution is -2.20. The summed E-state index contributed by atoms with van der Waals surface area (Å²) < 4.78 is 24.3. The van der Waals surface area contributed by atoms with Crippen LogP contribution in [-0.2, 0) is 9.84 Å². The molecule has 108 valence electrons. The van der Waals surface area contributed by atoms with Crippen LogP contribution in [0.3, 0.4) is 0 Å². The van der Waals surface area contributed by atoms with Crippen LogP contribution in [0.25, 0.3) is 0 Å². The van der Waals surface area contributed by atoms with Gasteiger partial charge in [0.25, 0.3) is 0 Å². The lowest BCUT2D eigenvalue weighted by molar-refractivity contribution is 0.473. The van der Waals surface area contributed by atoms with Gasteiger partial charge in [0.2, 0.25) is 0 Å². The second kappa shape index (κ2) is 7.50. The van der Waals surface area contributed by atoms with Crippen molar-refractivity contribution in [2.24, 2.45) is 0 Å². The summed E-state index contributed by atoms with van der Waals surface area (Å²) in [5, 5.41) is 12.6. The lowest BCUT2D eigenvalue weighted by Gasteiger charge is -2.08. The van der Waals surface area contributed by atoms with Crippen LogP contribution in [0.5, 0.6) is 5.75 Å². The van der Waals surface area contributed by atoms with Gasteiger partial charge in [0, 0.05) is 0 Å². The molecular weight excluding hydrogens is 262 g/mol. The van der Waals surface area contributed by atoms with Crippen LogP contribution in [0.15, 0.2) is 23.1 Å². The van der Waals surface area contributed by atoms with Gasteiger partial charge in [0.15, 0.2) is 9.84 Å². The van der Waals surface area contributed by atoms with Crippen LogP contribution in [-0.4, -0.2) is 32.4 Å². The van der Waals surface area contributed by atoms with E-state index in [-0.39, 0.29) is 16.4 Å². The number of phenolic OH excluding ortho intramolecular Hbond substituents is 1. The minimum Gasteiger partial charge on any atom is -0.508 e. The molecule has 4 nitrogen and oxygen atoms in total. The summed E-state index contributed by atoms with van der Waals surface area (Å²) in [6.45, 7) is 5.50. The van der Waals surface area contributed by atoms with E-state index in [1.807, 2.05) is 0 Å². The number of aromatic hydroxyl groups is 1. The number of hydrogen-bond acceptors (Lipinski definition) is 4. The molecule has 19 heavy (non-hydrogen) atoms. The molecule has 1 rings (SSSR count). The molecule has 0 saturated heterocycles. The van der Waals surface area contributed by atoms with Gasteiger partial charge in [0.05, 0.1) is 10.6 Å². The molecule has 0 fully saturated rings. The minimum absolute atomic E-state index is 0.00903. The van der Waals surface area contributed by atoms with Crippen molar-refractivity contribution in [3.63, 3.8) is 0 Å². The zero-order chi connectivity index (χ0) is 14.3. The van der Waals surface area contributed by atoms with Gasteiger partial charge in [0.1, 0.15) is 5.75 Å². The van der Waals surface area contributed by atoms with E-state index < -0.39 is 9.84 Å². The topological polar surface area (TPSA) is 66.4 Å². The Morgan fingerprint density at radius 3 is 2.58 bits per heavy atom. The van der Waals surface area contributed by atoms with Crippen LogP contribution < -0.4 is 5.32 Å². The summed E-state index contributed by atoms with van der Waals surface area (Å²) in [6.07, 6.45) is 2.83. The smallest absolute Gasteiger partial charge is 0.178 e. The van der Waals surface area contributed by atoms with Gasteiger partial charge < -0.3 is 10.4 Å². The average Bonchev–Trinajstić information content (AvgIpc) is 2.36. The molecule has 0 aliphatic heterocycles. The predicted molar refractivity (Wildman–Crippen MR) is 77.3 cm³/mol. The maximum atomic E-state index is 12.2. The molecule has 0 spiro atoms. The van der Waals surface area contributed by atoms with E-state index in [1.165, 1.54) is 12.1 Å². The van der Waals surface area contributed by atoms with Crippen molar-refractivity contribution in [3.8, 4) is 5.75 Å². The molecule has 2 N–H and O–H groups in total. The second-order valence-corrected chi connectivity index (χ2v) is 6.80. The Hall–Kier alpha value is -1.07. The molecule has 0 bridgehead atoms. The summed E-state index contributed by atoms with van der Waals surface area (Å²) in [5.41, 5.74) is 0.678. The Bertz CT molecular complexity index is 497. The molecule has 0 atom stereocenters. The number of aryl methyl sites for hydroxylation is 1. The van der Waals surface area contributed by atoms with E-state index in [0.29, 0.717) is 18.5 Å². The molecule has 0 amide bonds. The highest BCUT2D eigenvalue weighted by Gasteiger charge is 2.17. The first-order valence-corrected chi connectivity index (χ1v) is 8.35. The van der Waals surface area contributed by atoms with Crippen molar-refractivity contribution in [3.05, 3.63) is 23.8 Å². The first kappa shape index (κ1) is 16.0. The molecule has 0 aliphatic carbocycles. The average molecular weight is 285 g/mol. The summed E-state index contributed by atoms with van der Waals surface area (Å²) in [7, 11) is -3.31. The zero-order valence-electron chi connectivity index (χ0n) is 11.6. The molecule has 0 radical (unpaired) electrons. The number of hydrogen-bond donors (Lipinski definition) is 2. The first-order chi connectivity index (χ1) is 8.97. The van der Waals surface area contributed by atoms with Crippen LogP contribution in [0, 0.1) is 6.92 Å². The Balaban J connectivity index is 2.54. The SMILES string of the molecule is CCCCNCCCS(=O)(=O)c1cc(O)ccc1C. The van der Waals surface area contributed by atoms with E-state index in [4.69, 9.17) is 0 Å². The molecule has 0 aromatic heterocycles. The molecule has 0 saturated carbocycles. The van der Waals surface area contributed by atoms with Crippen molar-refractivity contribution in [2.75, 3.05) is 18.8 Å². The highest BCUT2D eigenvalue weighted by Crippen LogP contribution is 2.22. The maximum absolute atomic E-state index is 12.2. The molecule has 1 aromatic carbocycles. The molecule has 0 heterocycles. The number of benzene rings is 1. The van der Waals surface area contributed by atoms with Crippen molar-refractivity contribution < 1.29 is 13.5 Å². The van der Waals surface area contributed by atoms with E-state index >= 15 is 0 Å². The molecule has 1 aromatic rings. The van der Waals surface area contributed by atoms with Gasteiger partial charge in [-0.25, -0.2) is 8.42 Å². The maximum Gasteiger partial charge on any atom is 0.178 e. The number of phenols is 1. The number of nitrogens with one attached hydrogen (secondary N) is 1. The quantitative estimate of drug-likeness (QED) is 0.719. The van der Waals surface area contributed by atoms with Gasteiger partial charge >= 0.3 is 0 Å². The monoisotopic (exact) mass is 285 g/mol. The largest absolute Gasteiger partial charge is 0.508 e. The normalized spacial score (nSPS) is 11.7. The minimum atomic E-state index is -3.31. The van der Waals surface area contributed by atoms with Crippen molar-refractivity contribution in [1.82, 2.24) is 5.32 Å². The van der Waals surface area contributed by atoms with E-state index in [2.05, 4.69) is 12.2 Å². The number of sulfone groups is 1. The fourth-order valence-corrected chi connectivity index (χ4v) is 3.45. The molecular formula is C14H23NO3S. The number of unbranched alkanes of at least 4 members (excludes halogenated alkanes) is 1. The Morgan fingerprint density at radius 1 is 1.21 bits per heavy atom. The fraction of sp³-hybridized carbons (Fsp3) is 0.571. The van der Waals surface area contributed by atoms with E-state index in [1.54, 1.807) is 13.0 Å². The number of rotatable bonds is 8. The van der Waals surface area contributed by atoms with Crippen molar-refractivity contribution in [1.29, 1.82) is 0 Å².